The Labute approximate surface area is 193 Å². The third-order valence-electron chi connectivity index (χ3n) is 4.85. The number of benzene rings is 2. The molecule has 1 saturated heterocycles. The van der Waals surface area contributed by atoms with Gasteiger partial charge in [0.2, 0.25) is 15.9 Å². The highest BCUT2D eigenvalue weighted by Gasteiger charge is 2.29. The largest absolute Gasteiger partial charge is 0.495 e. The zero-order valence-electron chi connectivity index (χ0n) is 18.2. The summed E-state index contributed by atoms with van der Waals surface area (Å²) in [5, 5.41) is 2.44. The average Bonchev–Trinajstić information content (AvgIpc) is 2.86. The number of esters is 1. The second kappa shape index (κ2) is 11.6. The van der Waals surface area contributed by atoms with Crippen LogP contribution in [0.5, 0.6) is 5.75 Å². The Bertz CT molecular complexity index is 1100. The molecule has 1 heterocycles. The number of morpholine rings is 1. The van der Waals surface area contributed by atoms with Crippen LogP contribution in [0.25, 0.3) is 6.08 Å². The minimum atomic E-state index is -3.78. The van der Waals surface area contributed by atoms with Crippen LogP contribution in [0.3, 0.4) is 0 Å². The number of carbonyl (C=O) groups excluding carboxylic acids is 2. The number of amides is 1. The summed E-state index contributed by atoms with van der Waals surface area (Å²) < 4.78 is 43.0. The van der Waals surface area contributed by atoms with Crippen LogP contribution >= 0.6 is 0 Å². The van der Waals surface area contributed by atoms with Crippen LogP contribution in [0.1, 0.15) is 11.1 Å². The van der Waals surface area contributed by atoms with Gasteiger partial charge in [-0.15, -0.1) is 0 Å². The van der Waals surface area contributed by atoms with Crippen molar-refractivity contribution in [1.29, 1.82) is 0 Å². The second-order valence-electron chi connectivity index (χ2n) is 7.12. The minimum Gasteiger partial charge on any atom is -0.495 e. The molecular formula is C23H26N2O7S. The summed E-state index contributed by atoms with van der Waals surface area (Å²) in [6, 6.07) is 13.8. The Morgan fingerprint density at radius 2 is 1.85 bits per heavy atom. The molecule has 10 heteroatoms. The van der Waals surface area contributed by atoms with Gasteiger partial charge in [-0.1, -0.05) is 36.4 Å². The zero-order valence-corrected chi connectivity index (χ0v) is 19.0. The van der Waals surface area contributed by atoms with E-state index in [1.54, 1.807) is 6.07 Å². The number of hydrogen-bond acceptors (Lipinski definition) is 7. The molecule has 1 aliphatic heterocycles. The molecule has 1 N–H and O–H groups in total. The Balaban J connectivity index is 1.59. The summed E-state index contributed by atoms with van der Waals surface area (Å²) >= 11 is 0. The minimum absolute atomic E-state index is 0.0129. The Kier molecular flexibility index (Phi) is 8.58. The van der Waals surface area contributed by atoms with Crippen molar-refractivity contribution in [2.24, 2.45) is 0 Å². The highest BCUT2D eigenvalue weighted by atomic mass is 32.2. The monoisotopic (exact) mass is 474 g/mol. The van der Waals surface area contributed by atoms with Crippen molar-refractivity contribution in [2.75, 3.05) is 40.0 Å². The summed E-state index contributed by atoms with van der Waals surface area (Å²) in [7, 11) is -2.39. The van der Waals surface area contributed by atoms with Crippen LogP contribution in [0, 0.1) is 0 Å². The predicted octanol–water partition coefficient (Wildman–Crippen LogP) is 1.59. The van der Waals surface area contributed by atoms with E-state index < -0.39 is 21.9 Å². The number of nitrogens with zero attached hydrogens (tertiary/aromatic N) is 1. The second-order valence-corrected chi connectivity index (χ2v) is 9.03. The molecule has 0 unspecified atom stereocenters. The Hall–Kier alpha value is -3.21. The van der Waals surface area contributed by atoms with Gasteiger partial charge in [-0.05, 0) is 29.3 Å². The quantitative estimate of drug-likeness (QED) is 0.434. The molecule has 1 fully saturated rings. The number of carbonyl (C=O) groups is 2. The van der Waals surface area contributed by atoms with Crippen LogP contribution in [0.15, 0.2) is 59.5 Å². The number of rotatable bonds is 9. The summed E-state index contributed by atoms with van der Waals surface area (Å²) in [5.74, 6) is -0.867. The fourth-order valence-electron chi connectivity index (χ4n) is 3.10. The SMILES string of the molecule is COc1ccc(/C=C/C(=O)NCC(=O)OCc2ccccc2)cc1S(=O)(=O)N1CCOCC1. The topological polar surface area (TPSA) is 111 Å². The molecule has 2 aromatic rings. The van der Waals surface area contributed by atoms with Gasteiger partial charge in [-0.2, -0.15) is 4.31 Å². The van der Waals surface area contributed by atoms with Gasteiger partial charge in [0.25, 0.3) is 0 Å². The fourth-order valence-corrected chi connectivity index (χ4v) is 4.70. The Morgan fingerprint density at radius 1 is 1.12 bits per heavy atom. The van der Waals surface area contributed by atoms with Crippen molar-refractivity contribution in [3.8, 4) is 5.75 Å². The van der Waals surface area contributed by atoms with E-state index in [0.717, 1.165) is 5.56 Å². The first-order chi connectivity index (χ1) is 15.9. The summed E-state index contributed by atoms with van der Waals surface area (Å²) in [4.78, 5) is 23.9. The summed E-state index contributed by atoms with van der Waals surface area (Å²) in [5.41, 5.74) is 1.34. The number of sulfonamides is 1. The number of nitrogens with one attached hydrogen (secondary N) is 1. The first-order valence-corrected chi connectivity index (χ1v) is 11.8. The molecule has 0 aromatic heterocycles. The predicted molar refractivity (Wildman–Crippen MR) is 121 cm³/mol. The van der Waals surface area contributed by atoms with Crippen LogP contribution in [0.2, 0.25) is 0 Å². The molecule has 9 nitrogen and oxygen atoms in total. The normalized spacial score (nSPS) is 14.7. The number of methoxy groups -OCH3 is 1. The highest BCUT2D eigenvalue weighted by Crippen LogP contribution is 2.28. The lowest BCUT2D eigenvalue weighted by Crippen LogP contribution is -2.40. The third-order valence-corrected chi connectivity index (χ3v) is 6.77. The zero-order chi connectivity index (χ0) is 23.7. The molecule has 0 spiro atoms. The van der Waals surface area contributed by atoms with Crippen molar-refractivity contribution in [3.05, 3.63) is 65.7 Å². The standard InChI is InChI=1S/C23H26N2O7S/c1-30-20-9-7-18(15-21(20)33(28,29)25-11-13-31-14-12-25)8-10-22(26)24-16-23(27)32-17-19-5-3-2-4-6-19/h2-10,15H,11-14,16-17H2,1H3,(H,24,26)/b10-8+. The van der Waals surface area contributed by atoms with Crippen LogP contribution < -0.4 is 10.1 Å². The van der Waals surface area contributed by atoms with Crippen molar-refractivity contribution < 1.29 is 32.2 Å². The molecule has 0 aliphatic carbocycles. The van der Waals surface area contributed by atoms with Crippen LogP contribution in [-0.2, 0) is 35.7 Å². The van der Waals surface area contributed by atoms with E-state index in [4.69, 9.17) is 14.2 Å². The van der Waals surface area contributed by atoms with Gasteiger partial charge in [0.05, 0.1) is 20.3 Å². The van der Waals surface area contributed by atoms with E-state index in [2.05, 4.69) is 5.32 Å². The van der Waals surface area contributed by atoms with Gasteiger partial charge in [0, 0.05) is 19.2 Å². The number of hydrogen-bond donors (Lipinski definition) is 1. The van der Waals surface area contributed by atoms with Gasteiger partial charge >= 0.3 is 5.97 Å². The maximum Gasteiger partial charge on any atom is 0.325 e. The van der Waals surface area contributed by atoms with Crippen molar-refractivity contribution in [1.82, 2.24) is 9.62 Å². The van der Waals surface area contributed by atoms with Crippen LogP contribution in [-0.4, -0.2) is 64.6 Å². The van der Waals surface area contributed by atoms with E-state index in [-0.39, 0.29) is 36.9 Å². The van der Waals surface area contributed by atoms with E-state index in [0.29, 0.717) is 18.8 Å². The van der Waals surface area contributed by atoms with Crippen molar-refractivity contribution >= 4 is 28.0 Å². The molecule has 3 rings (SSSR count). The molecule has 0 bridgehead atoms. The van der Waals surface area contributed by atoms with Crippen molar-refractivity contribution in [3.63, 3.8) is 0 Å². The third kappa shape index (κ3) is 6.88. The molecule has 0 atom stereocenters. The highest BCUT2D eigenvalue weighted by molar-refractivity contribution is 7.89. The molecular weight excluding hydrogens is 448 g/mol. The van der Waals surface area contributed by atoms with Gasteiger partial charge in [-0.3, -0.25) is 9.59 Å². The lowest BCUT2D eigenvalue weighted by Gasteiger charge is -2.26. The van der Waals surface area contributed by atoms with Gasteiger partial charge in [0.15, 0.2) is 0 Å². The van der Waals surface area contributed by atoms with Gasteiger partial charge in [0.1, 0.15) is 23.8 Å². The molecule has 0 radical (unpaired) electrons. The first-order valence-electron chi connectivity index (χ1n) is 10.3. The smallest absolute Gasteiger partial charge is 0.325 e. The van der Waals surface area contributed by atoms with Gasteiger partial charge in [-0.25, -0.2) is 8.42 Å². The van der Waals surface area contributed by atoms with Crippen LogP contribution in [0.4, 0.5) is 0 Å². The van der Waals surface area contributed by atoms with E-state index in [9.17, 15) is 18.0 Å². The maximum atomic E-state index is 13.0. The summed E-state index contributed by atoms with van der Waals surface area (Å²) in [6.07, 6.45) is 2.68. The summed E-state index contributed by atoms with van der Waals surface area (Å²) in [6.45, 7) is 1.01. The molecule has 33 heavy (non-hydrogen) atoms. The van der Waals surface area contributed by atoms with Gasteiger partial charge < -0.3 is 19.5 Å². The molecule has 1 aliphatic rings. The lowest BCUT2D eigenvalue weighted by molar-refractivity contribution is -0.144. The van der Waals surface area contributed by atoms with E-state index in [1.807, 2.05) is 30.3 Å². The average molecular weight is 475 g/mol. The molecule has 176 valence electrons. The molecule has 2 aromatic carbocycles. The lowest BCUT2D eigenvalue weighted by atomic mass is 10.2. The number of ether oxygens (including phenoxy) is 3. The maximum absolute atomic E-state index is 13.0. The van der Waals surface area contributed by atoms with Crippen molar-refractivity contribution in [2.45, 2.75) is 11.5 Å². The molecule has 1 amide bonds. The first kappa shape index (κ1) is 24.4. The van der Waals surface area contributed by atoms with E-state index in [1.165, 1.54) is 35.7 Å². The van der Waals surface area contributed by atoms with E-state index >= 15 is 0 Å². The molecule has 0 saturated carbocycles. The fraction of sp³-hybridized carbons (Fsp3) is 0.304. The Morgan fingerprint density at radius 3 is 2.55 bits per heavy atom.